The first-order valence-electron chi connectivity index (χ1n) is 14.0. The van der Waals surface area contributed by atoms with E-state index in [1.54, 1.807) is 0 Å². The Balaban J connectivity index is 1.57. The third-order valence-electron chi connectivity index (χ3n) is 8.61. The van der Waals surface area contributed by atoms with Crippen LogP contribution in [0.25, 0.3) is 0 Å². The Labute approximate surface area is 212 Å². The molecule has 0 radical (unpaired) electrons. The van der Waals surface area contributed by atoms with Crippen LogP contribution in [-0.4, -0.2) is 6.61 Å². The van der Waals surface area contributed by atoms with E-state index in [4.69, 9.17) is 4.74 Å². The van der Waals surface area contributed by atoms with Crippen molar-refractivity contribution in [3.8, 4) is 5.75 Å². The highest BCUT2D eigenvalue weighted by Gasteiger charge is 2.47. The lowest BCUT2D eigenvalue weighted by molar-refractivity contribution is -0.163. The molecule has 0 unspecified atom stereocenters. The zero-order valence-electron chi connectivity index (χ0n) is 21.7. The zero-order valence-corrected chi connectivity index (χ0v) is 21.7. The lowest BCUT2D eigenvalue weighted by Crippen LogP contribution is -2.26. The minimum absolute atomic E-state index is 0.00251. The second-order valence-electron chi connectivity index (χ2n) is 11.0. The minimum atomic E-state index is -5.14. The average molecular weight is 521 g/mol. The molecule has 2 saturated carbocycles. The number of alkyl halides is 6. The van der Waals surface area contributed by atoms with Gasteiger partial charge in [0.25, 0.3) is 0 Å². The number of ether oxygens (including phenoxy) is 1. The van der Waals surface area contributed by atoms with E-state index in [2.05, 4.69) is 6.92 Å². The number of rotatable bonds is 10. The van der Waals surface area contributed by atoms with Crippen molar-refractivity contribution in [3.63, 3.8) is 0 Å². The van der Waals surface area contributed by atoms with Gasteiger partial charge in [0.1, 0.15) is 11.3 Å². The molecule has 1 aromatic rings. The SMILES string of the molecule is CCCCCC1CCC(C2CCC(CCc3ccc(OCC)c(C(F)(F)F)c3C(F)(F)F)CC2)CC1. The predicted octanol–water partition coefficient (Wildman–Crippen LogP) is 10.2. The van der Waals surface area contributed by atoms with E-state index in [1.807, 2.05) is 0 Å². The first kappa shape index (κ1) is 29.2. The van der Waals surface area contributed by atoms with Gasteiger partial charge in [-0.05, 0) is 80.8 Å². The van der Waals surface area contributed by atoms with E-state index < -0.39 is 29.2 Å². The molecule has 0 saturated heterocycles. The van der Waals surface area contributed by atoms with Gasteiger partial charge in [-0.2, -0.15) is 26.3 Å². The molecule has 2 aliphatic rings. The summed E-state index contributed by atoms with van der Waals surface area (Å²) >= 11 is 0. The van der Waals surface area contributed by atoms with E-state index in [-0.39, 0.29) is 24.5 Å². The van der Waals surface area contributed by atoms with E-state index in [0.29, 0.717) is 12.3 Å². The Kier molecular flexibility index (Phi) is 10.5. The molecule has 7 heteroatoms. The van der Waals surface area contributed by atoms with Gasteiger partial charge in [-0.3, -0.25) is 0 Å². The molecule has 0 atom stereocenters. The maximum Gasteiger partial charge on any atom is 0.420 e. The summed E-state index contributed by atoms with van der Waals surface area (Å²) in [6.45, 7) is 3.56. The number of halogens is 6. The summed E-state index contributed by atoms with van der Waals surface area (Å²) < 4.78 is 87.5. The first-order valence-corrected chi connectivity index (χ1v) is 14.0. The fourth-order valence-corrected chi connectivity index (χ4v) is 6.66. The second-order valence-corrected chi connectivity index (χ2v) is 11.0. The van der Waals surface area contributed by atoms with Gasteiger partial charge in [-0.1, -0.05) is 64.4 Å². The number of hydrogen-bond acceptors (Lipinski definition) is 1. The van der Waals surface area contributed by atoms with E-state index >= 15 is 0 Å². The summed E-state index contributed by atoms with van der Waals surface area (Å²) in [5.74, 6) is 1.87. The van der Waals surface area contributed by atoms with Crippen molar-refractivity contribution in [2.45, 2.75) is 116 Å². The first-order chi connectivity index (χ1) is 17.0. The van der Waals surface area contributed by atoms with Crippen LogP contribution < -0.4 is 4.74 Å². The van der Waals surface area contributed by atoms with E-state index in [1.165, 1.54) is 64.4 Å². The van der Waals surface area contributed by atoms with Gasteiger partial charge in [0.2, 0.25) is 0 Å². The molecule has 206 valence electrons. The van der Waals surface area contributed by atoms with Crippen LogP contribution in [0.2, 0.25) is 0 Å². The van der Waals surface area contributed by atoms with Crippen molar-refractivity contribution >= 4 is 0 Å². The fourth-order valence-electron chi connectivity index (χ4n) is 6.66. The summed E-state index contributed by atoms with van der Waals surface area (Å²) in [5, 5.41) is 0. The van der Waals surface area contributed by atoms with Crippen LogP contribution in [0.1, 0.15) is 114 Å². The normalized spacial score (nSPS) is 25.7. The van der Waals surface area contributed by atoms with Gasteiger partial charge in [0.15, 0.2) is 0 Å². The maximum absolute atomic E-state index is 13.8. The lowest BCUT2D eigenvalue weighted by atomic mass is 9.68. The van der Waals surface area contributed by atoms with Gasteiger partial charge in [0, 0.05) is 0 Å². The Hall–Kier alpha value is -1.40. The number of hydrogen-bond donors (Lipinski definition) is 0. The van der Waals surface area contributed by atoms with Crippen LogP contribution in [0.15, 0.2) is 12.1 Å². The van der Waals surface area contributed by atoms with Gasteiger partial charge < -0.3 is 4.74 Å². The Morgan fingerprint density at radius 3 is 1.69 bits per heavy atom. The molecule has 0 heterocycles. The molecular formula is C29H42F6O. The Morgan fingerprint density at radius 1 is 0.694 bits per heavy atom. The summed E-state index contributed by atoms with van der Waals surface area (Å²) in [5.41, 5.74) is -3.55. The molecular weight excluding hydrogens is 478 g/mol. The summed E-state index contributed by atoms with van der Waals surface area (Å²) in [7, 11) is 0. The fraction of sp³-hybridized carbons (Fsp3) is 0.793. The van der Waals surface area contributed by atoms with Crippen molar-refractivity contribution < 1.29 is 31.1 Å². The number of aryl methyl sites for hydroxylation is 1. The third-order valence-corrected chi connectivity index (χ3v) is 8.61. The summed E-state index contributed by atoms with van der Waals surface area (Å²) in [6.07, 6.45) is 4.91. The van der Waals surface area contributed by atoms with Crippen molar-refractivity contribution in [2.24, 2.45) is 23.7 Å². The van der Waals surface area contributed by atoms with E-state index in [9.17, 15) is 26.3 Å². The quantitative estimate of drug-likeness (QED) is 0.220. The van der Waals surface area contributed by atoms with Crippen molar-refractivity contribution in [1.29, 1.82) is 0 Å². The highest BCUT2D eigenvalue weighted by atomic mass is 19.4. The molecule has 0 aromatic heterocycles. The highest BCUT2D eigenvalue weighted by molar-refractivity contribution is 5.48. The topological polar surface area (TPSA) is 9.23 Å². The van der Waals surface area contributed by atoms with E-state index in [0.717, 1.165) is 43.6 Å². The molecule has 1 nitrogen and oxygen atoms in total. The van der Waals surface area contributed by atoms with Crippen molar-refractivity contribution in [3.05, 3.63) is 28.8 Å². The lowest BCUT2D eigenvalue weighted by Gasteiger charge is -2.38. The molecule has 0 spiro atoms. The predicted molar refractivity (Wildman–Crippen MR) is 131 cm³/mol. The molecule has 2 fully saturated rings. The molecule has 0 bridgehead atoms. The van der Waals surface area contributed by atoms with Crippen LogP contribution >= 0.6 is 0 Å². The van der Waals surface area contributed by atoms with Gasteiger partial charge in [0.05, 0.1) is 12.2 Å². The van der Waals surface area contributed by atoms with Crippen LogP contribution in [0.3, 0.4) is 0 Å². The largest absolute Gasteiger partial charge is 0.493 e. The smallest absolute Gasteiger partial charge is 0.420 e. The van der Waals surface area contributed by atoms with Crippen LogP contribution in [-0.2, 0) is 18.8 Å². The molecule has 3 rings (SSSR count). The van der Waals surface area contributed by atoms with Crippen LogP contribution in [0.4, 0.5) is 26.3 Å². The van der Waals surface area contributed by atoms with Crippen LogP contribution in [0, 0.1) is 23.7 Å². The molecule has 0 amide bonds. The molecule has 0 aliphatic heterocycles. The van der Waals surface area contributed by atoms with Crippen molar-refractivity contribution in [1.82, 2.24) is 0 Å². The second kappa shape index (κ2) is 12.9. The monoisotopic (exact) mass is 520 g/mol. The van der Waals surface area contributed by atoms with Crippen molar-refractivity contribution in [2.75, 3.05) is 6.61 Å². The van der Waals surface area contributed by atoms with Crippen LogP contribution in [0.5, 0.6) is 5.75 Å². The molecule has 0 N–H and O–H groups in total. The molecule has 36 heavy (non-hydrogen) atoms. The Morgan fingerprint density at radius 2 is 1.22 bits per heavy atom. The van der Waals surface area contributed by atoms with Gasteiger partial charge >= 0.3 is 12.4 Å². The maximum atomic E-state index is 13.8. The number of benzene rings is 1. The summed E-state index contributed by atoms with van der Waals surface area (Å²) in [6, 6.07) is 2.22. The third kappa shape index (κ3) is 7.80. The summed E-state index contributed by atoms with van der Waals surface area (Å²) in [4.78, 5) is 0. The highest BCUT2D eigenvalue weighted by Crippen LogP contribution is 2.48. The molecule has 2 aliphatic carbocycles. The Bertz CT molecular complexity index is 799. The minimum Gasteiger partial charge on any atom is -0.493 e. The average Bonchev–Trinajstić information content (AvgIpc) is 2.83. The van der Waals surface area contributed by atoms with Gasteiger partial charge in [-0.15, -0.1) is 0 Å². The van der Waals surface area contributed by atoms with Gasteiger partial charge in [-0.25, -0.2) is 0 Å². The zero-order chi connectivity index (χ0) is 26.3. The standard InChI is InChI=1S/C29H42F6O/c1-3-5-6-7-20-8-13-22(14-9-20)23-15-10-21(11-16-23)12-17-24-18-19-25(36-4-2)27(29(33,34)35)26(24)28(30,31)32/h18-23H,3-17H2,1-2H3. The molecule has 1 aromatic carbocycles. The number of unbranched alkanes of at least 4 members (excludes halogenated alkanes) is 2.